The van der Waals surface area contributed by atoms with Gasteiger partial charge in [-0.15, -0.1) is 0 Å². The summed E-state index contributed by atoms with van der Waals surface area (Å²) < 4.78 is 5.00. The summed E-state index contributed by atoms with van der Waals surface area (Å²) >= 11 is 0. The predicted octanol–water partition coefficient (Wildman–Crippen LogP) is 2.34. The van der Waals surface area contributed by atoms with Crippen molar-refractivity contribution in [3.63, 3.8) is 0 Å². The second kappa shape index (κ2) is 5.87. The van der Waals surface area contributed by atoms with Crippen LogP contribution in [0.2, 0.25) is 0 Å². The van der Waals surface area contributed by atoms with Crippen LogP contribution in [-0.4, -0.2) is 22.7 Å². The van der Waals surface area contributed by atoms with E-state index in [0.29, 0.717) is 5.76 Å². The van der Waals surface area contributed by atoms with Gasteiger partial charge < -0.3 is 14.8 Å². The molecule has 96 valence electrons. The number of aliphatic hydroxyl groups is 1. The average Bonchev–Trinajstić information content (AvgIpc) is 2.67. The number of carbonyl (C=O) groups excluding carboxylic acids is 1. The van der Waals surface area contributed by atoms with Crippen molar-refractivity contribution in [2.75, 3.05) is 0 Å². The minimum atomic E-state index is -0.634. The third-order valence-corrected chi connectivity index (χ3v) is 2.55. The zero-order valence-corrected chi connectivity index (χ0v) is 10.7. The van der Waals surface area contributed by atoms with Crippen LogP contribution >= 0.6 is 0 Å². The maximum atomic E-state index is 11.6. The maximum absolute atomic E-state index is 11.6. The number of hydrogen-bond donors (Lipinski definition) is 2. The third kappa shape index (κ3) is 5.54. The van der Waals surface area contributed by atoms with E-state index in [1.165, 1.54) is 6.26 Å². The van der Waals surface area contributed by atoms with Crippen molar-refractivity contribution in [1.82, 2.24) is 5.32 Å². The average molecular weight is 239 g/mol. The number of furan rings is 1. The minimum absolute atomic E-state index is 0.0787. The van der Waals surface area contributed by atoms with Crippen LogP contribution in [0, 0.1) is 0 Å². The highest BCUT2D eigenvalue weighted by molar-refractivity contribution is 5.91. The van der Waals surface area contributed by atoms with E-state index in [9.17, 15) is 9.90 Å². The van der Waals surface area contributed by atoms with Gasteiger partial charge in [0.15, 0.2) is 5.76 Å². The molecule has 0 spiro atoms. The van der Waals surface area contributed by atoms with Gasteiger partial charge in [-0.25, -0.2) is 0 Å². The molecule has 4 heteroatoms. The molecule has 0 saturated carbocycles. The lowest BCUT2D eigenvalue weighted by atomic mass is 10.00. The Kier molecular flexibility index (Phi) is 4.75. The molecule has 1 aromatic heterocycles. The Morgan fingerprint density at radius 3 is 2.82 bits per heavy atom. The molecule has 0 saturated heterocycles. The van der Waals surface area contributed by atoms with Crippen LogP contribution in [0.3, 0.4) is 0 Å². The monoisotopic (exact) mass is 239 g/mol. The Bertz CT molecular complexity index is 338. The minimum Gasteiger partial charge on any atom is -0.459 e. The Morgan fingerprint density at radius 1 is 1.59 bits per heavy atom. The van der Waals surface area contributed by atoms with Crippen LogP contribution < -0.4 is 5.32 Å². The van der Waals surface area contributed by atoms with Crippen molar-refractivity contribution in [2.45, 2.75) is 51.7 Å². The zero-order valence-electron chi connectivity index (χ0n) is 10.7. The first-order valence-corrected chi connectivity index (χ1v) is 5.95. The molecule has 17 heavy (non-hydrogen) atoms. The molecule has 1 aromatic rings. The first-order chi connectivity index (χ1) is 7.88. The summed E-state index contributed by atoms with van der Waals surface area (Å²) in [6.45, 7) is 5.53. The summed E-state index contributed by atoms with van der Waals surface area (Å²) in [7, 11) is 0. The SMILES string of the molecule is CC(CCCC(C)(C)O)NC(=O)c1ccco1. The van der Waals surface area contributed by atoms with E-state index in [1.54, 1.807) is 26.0 Å². The fraction of sp³-hybridized carbons (Fsp3) is 0.615. The van der Waals surface area contributed by atoms with E-state index in [4.69, 9.17) is 4.42 Å². The number of rotatable bonds is 6. The molecule has 1 heterocycles. The molecule has 0 fully saturated rings. The van der Waals surface area contributed by atoms with Gasteiger partial charge in [-0.3, -0.25) is 4.79 Å². The molecule has 4 nitrogen and oxygen atoms in total. The molecule has 1 unspecified atom stereocenters. The molecular formula is C13H21NO3. The highest BCUT2D eigenvalue weighted by atomic mass is 16.3. The normalized spacial score (nSPS) is 13.4. The molecule has 0 radical (unpaired) electrons. The van der Waals surface area contributed by atoms with Gasteiger partial charge in [-0.2, -0.15) is 0 Å². The molecule has 1 amide bonds. The molecule has 1 atom stereocenters. The summed E-state index contributed by atoms with van der Waals surface area (Å²) in [4.78, 5) is 11.6. The number of nitrogens with one attached hydrogen (secondary N) is 1. The Hall–Kier alpha value is -1.29. The highest BCUT2D eigenvalue weighted by Gasteiger charge is 2.15. The molecule has 0 bridgehead atoms. The second-order valence-electron chi connectivity index (χ2n) is 5.06. The first-order valence-electron chi connectivity index (χ1n) is 5.95. The van der Waals surface area contributed by atoms with Crippen molar-refractivity contribution in [3.8, 4) is 0 Å². The molecule has 0 aliphatic carbocycles. The van der Waals surface area contributed by atoms with E-state index >= 15 is 0 Å². The van der Waals surface area contributed by atoms with Gasteiger partial charge >= 0.3 is 0 Å². The van der Waals surface area contributed by atoms with Gasteiger partial charge in [0.25, 0.3) is 5.91 Å². The topological polar surface area (TPSA) is 62.5 Å². The number of hydrogen-bond acceptors (Lipinski definition) is 3. The van der Waals surface area contributed by atoms with Gasteiger partial charge in [0.2, 0.25) is 0 Å². The lowest BCUT2D eigenvalue weighted by molar-refractivity contribution is 0.0673. The van der Waals surface area contributed by atoms with Gasteiger partial charge in [0.1, 0.15) is 0 Å². The van der Waals surface area contributed by atoms with Crippen LogP contribution in [0.4, 0.5) is 0 Å². The Morgan fingerprint density at radius 2 is 2.29 bits per heavy atom. The second-order valence-corrected chi connectivity index (χ2v) is 5.06. The number of amides is 1. The largest absolute Gasteiger partial charge is 0.459 e. The fourth-order valence-corrected chi connectivity index (χ4v) is 1.62. The van der Waals surface area contributed by atoms with Crippen LogP contribution in [-0.2, 0) is 0 Å². The zero-order chi connectivity index (χ0) is 12.9. The van der Waals surface area contributed by atoms with Crippen molar-refractivity contribution in [2.24, 2.45) is 0 Å². The summed E-state index contributed by atoms with van der Waals surface area (Å²) in [6.07, 6.45) is 3.93. The summed E-state index contributed by atoms with van der Waals surface area (Å²) in [5.41, 5.74) is -0.634. The Labute approximate surface area is 102 Å². The van der Waals surface area contributed by atoms with E-state index < -0.39 is 5.60 Å². The van der Waals surface area contributed by atoms with Crippen LogP contribution in [0.1, 0.15) is 50.6 Å². The molecule has 0 aliphatic heterocycles. The van der Waals surface area contributed by atoms with Crippen LogP contribution in [0.5, 0.6) is 0 Å². The number of carbonyl (C=O) groups is 1. The Balaban J connectivity index is 2.26. The smallest absolute Gasteiger partial charge is 0.287 e. The molecular weight excluding hydrogens is 218 g/mol. The summed E-state index contributed by atoms with van der Waals surface area (Å²) in [5, 5.41) is 12.4. The van der Waals surface area contributed by atoms with Crippen LogP contribution in [0.25, 0.3) is 0 Å². The van der Waals surface area contributed by atoms with Crippen molar-refractivity contribution in [3.05, 3.63) is 24.2 Å². The molecule has 1 rings (SSSR count). The maximum Gasteiger partial charge on any atom is 0.287 e. The summed E-state index contributed by atoms with van der Waals surface area (Å²) in [5.74, 6) is 0.144. The predicted molar refractivity (Wildman–Crippen MR) is 65.8 cm³/mol. The van der Waals surface area contributed by atoms with E-state index in [0.717, 1.165) is 19.3 Å². The fourth-order valence-electron chi connectivity index (χ4n) is 1.62. The van der Waals surface area contributed by atoms with Crippen molar-refractivity contribution < 1.29 is 14.3 Å². The van der Waals surface area contributed by atoms with Gasteiger partial charge in [0.05, 0.1) is 11.9 Å². The quantitative estimate of drug-likeness (QED) is 0.801. The van der Waals surface area contributed by atoms with Gasteiger partial charge in [0, 0.05) is 6.04 Å². The standard InChI is InChI=1S/C13H21NO3/c1-10(6-4-8-13(2,3)16)14-12(15)11-7-5-9-17-11/h5,7,9-10,16H,4,6,8H2,1-3H3,(H,14,15). The lowest BCUT2D eigenvalue weighted by Crippen LogP contribution is -2.32. The van der Waals surface area contributed by atoms with Gasteiger partial charge in [-0.05, 0) is 52.2 Å². The molecule has 2 N–H and O–H groups in total. The van der Waals surface area contributed by atoms with E-state index in [-0.39, 0.29) is 11.9 Å². The molecule has 0 aromatic carbocycles. The third-order valence-electron chi connectivity index (χ3n) is 2.55. The lowest BCUT2D eigenvalue weighted by Gasteiger charge is -2.18. The van der Waals surface area contributed by atoms with Crippen molar-refractivity contribution >= 4 is 5.91 Å². The first kappa shape index (κ1) is 13.8. The van der Waals surface area contributed by atoms with E-state index in [1.807, 2.05) is 6.92 Å². The van der Waals surface area contributed by atoms with E-state index in [2.05, 4.69) is 5.32 Å². The van der Waals surface area contributed by atoms with Crippen molar-refractivity contribution in [1.29, 1.82) is 0 Å². The molecule has 0 aliphatic rings. The van der Waals surface area contributed by atoms with Crippen LogP contribution in [0.15, 0.2) is 22.8 Å². The highest BCUT2D eigenvalue weighted by Crippen LogP contribution is 2.13. The van der Waals surface area contributed by atoms with Gasteiger partial charge in [-0.1, -0.05) is 0 Å². The summed E-state index contributed by atoms with van der Waals surface area (Å²) in [6, 6.07) is 3.40.